The highest BCUT2D eigenvalue weighted by atomic mass is 19.2. The zero-order chi connectivity index (χ0) is 27.7. The molecule has 4 aromatic rings. The molecule has 1 unspecified atom stereocenters. The Morgan fingerprint density at radius 3 is 2.62 bits per heavy atom. The molecule has 8 nitrogen and oxygen atoms in total. The third-order valence-electron chi connectivity index (χ3n) is 8.08. The summed E-state index contributed by atoms with van der Waals surface area (Å²) >= 11 is 0. The quantitative estimate of drug-likeness (QED) is 0.208. The standard InChI is InChI=1S/C31H32FN3O5/c1-38-30(37)22-9-11-23(12-10-22)40-31(32,35-16-4-5-17-35)27(36)19-20-8-13-25-26(18-20)39-29(34-25)28-24-7-3-2-6-21(24)14-15-33-28/h2-3,6-8,13-15,18,22-23H,4-5,9-12,16-17,19H2,1H3/t22-,23-,31?. The van der Waals surface area contributed by atoms with Gasteiger partial charge in [-0.25, -0.2) is 9.88 Å². The van der Waals surface area contributed by atoms with E-state index in [-0.39, 0.29) is 18.3 Å². The van der Waals surface area contributed by atoms with Crippen LogP contribution in [-0.2, 0) is 25.5 Å². The molecule has 2 aliphatic rings. The molecule has 0 bridgehead atoms. The largest absolute Gasteiger partial charge is 0.469 e. The number of fused-ring (bicyclic) bond motifs is 2. The third-order valence-corrected chi connectivity index (χ3v) is 8.08. The van der Waals surface area contributed by atoms with Gasteiger partial charge in [-0.1, -0.05) is 30.3 Å². The minimum atomic E-state index is -2.52. The lowest BCUT2D eigenvalue weighted by Gasteiger charge is -2.37. The van der Waals surface area contributed by atoms with Crippen molar-refractivity contribution in [1.29, 1.82) is 0 Å². The molecule has 1 aliphatic carbocycles. The van der Waals surface area contributed by atoms with Crippen molar-refractivity contribution < 1.29 is 27.9 Å². The molecular formula is C31H32FN3O5. The number of carbonyl (C=O) groups excluding carboxylic acids is 2. The highest BCUT2D eigenvalue weighted by Crippen LogP contribution is 2.35. The molecule has 6 rings (SSSR count). The maximum atomic E-state index is 16.6. The van der Waals surface area contributed by atoms with Crippen molar-refractivity contribution in [3.05, 3.63) is 60.3 Å². The first-order valence-electron chi connectivity index (χ1n) is 13.9. The number of Topliss-reactive ketones (excluding diaryl/α,β-unsaturated/α-hetero) is 1. The number of hydrogen-bond donors (Lipinski definition) is 0. The number of alkyl halides is 1. The van der Waals surface area contributed by atoms with Gasteiger partial charge in [0.15, 0.2) is 5.58 Å². The molecule has 1 saturated heterocycles. The number of oxazole rings is 1. The van der Waals surface area contributed by atoms with Crippen LogP contribution >= 0.6 is 0 Å². The van der Waals surface area contributed by atoms with Crippen molar-refractivity contribution in [2.24, 2.45) is 5.92 Å². The van der Waals surface area contributed by atoms with Crippen molar-refractivity contribution in [3.8, 4) is 11.6 Å². The molecule has 1 aliphatic heterocycles. The van der Waals surface area contributed by atoms with Crippen molar-refractivity contribution >= 4 is 33.6 Å². The van der Waals surface area contributed by atoms with E-state index in [1.807, 2.05) is 30.3 Å². The lowest BCUT2D eigenvalue weighted by Crippen LogP contribution is -2.54. The summed E-state index contributed by atoms with van der Waals surface area (Å²) in [6, 6.07) is 15.1. The number of esters is 1. The van der Waals surface area contributed by atoms with Gasteiger partial charge in [-0.2, -0.15) is 4.39 Å². The van der Waals surface area contributed by atoms with Crippen LogP contribution in [0.15, 0.2) is 59.1 Å². The number of ketones is 1. The molecule has 9 heteroatoms. The molecule has 40 heavy (non-hydrogen) atoms. The van der Waals surface area contributed by atoms with E-state index in [0.717, 1.165) is 23.6 Å². The molecule has 1 saturated carbocycles. The van der Waals surface area contributed by atoms with Gasteiger partial charge in [0.25, 0.3) is 0 Å². The first kappa shape index (κ1) is 26.5. The zero-order valence-electron chi connectivity index (χ0n) is 22.5. The number of benzene rings is 2. The minimum absolute atomic E-state index is 0.150. The maximum Gasteiger partial charge on any atom is 0.330 e. The van der Waals surface area contributed by atoms with Crippen LogP contribution in [0.1, 0.15) is 44.1 Å². The monoisotopic (exact) mass is 545 g/mol. The Hall–Kier alpha value is -3.69. The molecule has 2 fully saturated rings. The van der Waals surface area contributed by atoms with E-state index < -0.39 is 17.9 Å². The van der Waals surface area contributed by atoms with E-state index in [1.165, 1.54) is 12.0 Å². The van der Waals surface area contributed by atoms with Crippen LogP contribution in [-0.4, -0.2) is 58.9 Å². The summed E-state index contributed by atoms with van der Waals surface area (Å²) in [4.78, 5) is 36.1. The van der Waals surface area contributed by atoms with Gasteiger partial charge in [0.05, 0.1) is 19.1 Å². The second kappa shape index (κ2) is 11.1. The molecule has 0 spiro atoms. The van der Waals surface area contributed by atoms with E-state index in [0.29, 0.717) is 67.0 Å². The van der Waals surface area contributed by atoms with Crippen LogP contribution in [0.5, 0.6) is 0 Å². The number of pyridine rings is 1. The second-order valence-electron chi connectivity index (χ2n) is 10.7. The number of aromatic nitrogens is 2. The fourth-order valence-corrected chi connectivity index (χ4v) is 5.89. The average Bonchev–Trinajstić information content (AvgIpc) is 3.67. The number of methoxy groups -OCH3 is 1. The number of nitrogens with zero attached hydrogens (tertiary/aromatic N) is 3. The summed E-state index contributed by atoms with van der Waals surface area (Å²) in [6.45, 7) is 0.921. The Balaban J connectivity index is 1.22. The van der Waals surface area contributed by atoms with Gasteiger partial charge in [-0.3, -0.25) is 14.6 Å². The maximum absolute atomic E-state index is 16.6. The van der Waals surface area contributed by atoms with Gasteiger partial charge >= 0.3 is 11.9 Å². The Morgan fingerprint density at radius 1 is 1.07 bits per heavy atom. The first-order valence-corrected chi connectivity index (χ1v) is 13.9. The van der Waals surface area contributed by atoms with Gasteiger partial charge in [0.1, 0.15) is 11.2 Å². The minimum Gasteiger partial charge on any atom is -0.469 e. The highest BCUT2D eigenvalue weighted by Gasteiger charge is 2.48. The summed E-state index contributed by atoms with van der Waals surface area (Å²) in [6.07, 6.45) is 4.86. The van der Waals surface area contributed by atoms with Crippen LogP contribution in [0.4, 0.5) is 4.39 Å². The normalized spacial score (nSPS) is 21.4. The number of carbonyl (C=O) groups is 2. The van der Waals surface area contributed by atoms with E-state index >= 15 is 4.39 Å². The van der Waals surface area contributed by atoms with E-state index in [9.17, 15) is 9.59 Å². The first-order chi connectivity index (χ1) is 19.4. The summed E-state index contributed by atoms with van der Waals surface area (Å²) in [5.74, 6) is -3.22. The van der Waals surface area contributed by atoms with E-state index in [1.54, 1.807) is 24.4 Å². The molecule has 0 amide bonds. The molecule has 2 aromatic carbocycles. The number of likely N-dealkylation sites (tertiary alicyclic amines) is 1. The molecule has 208 valence electrons. The average molecular weight is 546 g/mol. The van der Waals surface area contributed by atoms with Gasteiger partial charge < -0.3 is 13.9 Å². The topological polar surface area (TPSA) is 94.8 Å². The van der Waals surface area contributed by atoms with Crippen molar-refractivity contribution in [3.63, 3.8) is 0 Å². The van der Waals surface area contributed by atoms with Crippen molar-refractivity contribution in [2.45, 2.75) is 57.0 Å². The zero-order valence-corrected chi connectivity index (χ0v) is 22.5. The van der Waals surface area contributed by atoms with Crippen LogP contribution in [0, 0.1) is 5.92 Å². The fourth-order valence-electron chi connectivity index (χ4n) is 5.89. The van der Waals surface area contributed by atoms with Crippen LogP contribution in [0.3, 0.4) is 0 Å². The number of hydrogen-bond acceptors (Lipinski definition) is 8. The molecule has 3 heterocycles. The van der Waals surface area contributed by atoms with Crippen LogP contribution in [0.2, 0.25) is 0 Å². The SMILES string of the molecule is COC(=O)[C@H]1CC[C@H](OC(F)(C(=O)Cc2ccc3nc(-c4nccc5ccccc45)oc3c2)N2CCCC2)CC1. The predicted octanol–water partition coefficient (Wildman–Crippen LogP) is 5.62. The van der Waals surface area contributed by atoms with Gasteiger partial charge in [0, 0.05) is 31.1 Å². The van der Waals surface area contributed by atoms with Crippen molar-refractivity contribution in [1.82, 2.24) is 14.9 Å². The van der Waals surface area contributed by atoms with E-state index in [2.05, 4.69) is 9.97 Å². The summed E-state index contributed by atoms with van der Waals surface area (Å²) in [5.41, 5.74) is 2.39. The van der Waals surface area contributed by atoms with Gasteiger partial charge in [0.2, 0.25) is 11.7 Å². The lowest BCUT2D eigenvalue weighted by atomic mass is 9.87. The summed E-state index contributed by atoms with van der Waals surface area (Å²) < 4.78 is 33.5. The van der Waals surface area contributed by atoms with Gasteiger partial charge in [-0.15, -0.1) is 0 Å². The smallest absolute Gasteiger partial charge is 0.330 e. The molecule has 1 atom stereocenters. The Bertz CT molecular complexity index is 1540. The van der Waals surface area contributed by atoms with Crippen LogP contribution in [0.25, 0.3) is 33.5 Å². The third kappa shape index (κ3) is 5.11. The lowest BCUT2D eigenvalue weighted by molar-refractivity contribution is -0.252. The Labute approximate surface area is 231 Å². The fraction of sp³-hybridized carbons (Fsp3) is 0.419. The summed E-state index contributed by atoms with van der Waals surface area (Å²) in [7, 11) is 1.38. The number of ether oxygens (including phenoxy) is 2. The Kier molecular flexibility index (Phi) is 7.33. The van der Waals surface area contributed by atoms with Crippen molar-refractivity contribution in [2.75, 3.05) is 20.2 Å². The summed E-state index contributed by atoms with van der Waals surface area (Å²) in [5, 5.41) is 1.96. The second-order valence-corrected chi connectivity index (χ2v) is 10.7. The van der Waals surface area contributed by atoms with E-state index in [4.69, 9.17) is 13.9 Å². The van der Waals surface area contributed by atoms with Gasteiger partial charge in [-0.05, 0) is 67.7 Å². The molecular weight excluding hydrogens is 513 g/mol. The molecule has 0 radical (unpaired) electrons. The molecule has 0 N–H and O–H groups in total. The number of rotatable bonds is 8. The Morgan fingerprint density at radius 2 is 1.85 bits per heavy atom. The number of halogens is 1. The highest BCUT2D eigenvalue weighted by molar-refractivity contribution is 5.94. The predicted molar refractivity (Wildman–Crippen MR) is 147 cm³/mol. The van der Waals surface area contributed by atoms with Crippen LogP contribution < -0.4 is 0 Å². The molecule has 2 aromatic heterocycles.